The number of piperazine rings is 1. The predicted octanol–water partition coefficient (Wildman–Crippen LogP) is 3.04. The van der Waals surface area contributed by atoms with Gasteiger partial charge in [0.05, 0.1) is 0 Å². The number of carbonyl (C=O) groups is 1. The van der Waals surface area contributed by atoms with E-state index in [0.717, 1.165) is 40.4 Å². The van der Waals surface area contributed by atoms with Crippen molar-refractivity contribution >= 4 is 32.6 Å². The maximum atomic E-state index is 12.5. The number of carbonyl (C=O) groups excluding carboxylic acids is 1. The Morgan fingerprint density at radius 1 is 1.25 bits per heavy atom. The number of hydrogen-bond donors (Lipinski definition) is 1. The summed E-state index contributed by atoms with van der Waals surface area (Å²) in [7, 11) is 0. The van der Waals surface area contributed by atoms with Gasteiger partial charge in [-0.3, -0.25) is 4.79 Å². The van der Waals surface area contributed by atoms with Gasteiger partial charge in [-0.1, -0.05) is 28.1 Å². The lowest BCUT2D eigenvalue weighted by Crippen LogP contribution is -2.51. The molecule has 1 fully saturated rings. The lowest BCUT2D eigenvalue weighted by atomic mass is 10.1. The van der Waals surface area contributed by atoms with Crippen LogP contribution < -0.4 is 5.32 Å². The first-order valence-electron chi connectivity index (χ1n) is 6.85. The molecular weight excluding hydrogens is 316 g/mol. The Labute approximate surface area is 127 Å². The second-order valence-corrected chi connectivity index (χ2v) is 6.23. The summed E-state index contributed by atoms with van der Waals surface area (Å²) in [5, 5.41) is 5.60. The number of fused-ring (bicyclic) bond motifs is 1. The van der Waals surface area contributed by atoms with Crippen molar-refractivity contribution in [1.29, 1.82) is 0 Å². The van der Waals surface area contributed by atoms with Gasteiger partial charge in [0, 0.05) is 35.7 Å². The SMILES string of the molecule is C[C@@H]1CN(C(=O)c2ccc3cc(Br)ccc3c2)CCN1. The highest BCUT2D eigenvalue weighted by molar-refractivity contribution is 9.10. The first kappa shape index (κ1) is 13.6. The van der Waals surface area contributed by atoms with E-state index in [1.165, 1.54) is 0 Å². The molecule has 1 heterocycles. The average Bonchev–Trinajstić information content (AvgIpc) is 2.46. The van der Waals surface area contributed by atoms with Gasteiger partial charge in [-0.2, -0.15) is 0 Å². The van der Waals surface area contributed by atoms with Crippen molar-refractivity contribution in [2.75, 3.05) is 19.6 Å². The van der Waals surface area contributed by atoms with Crippen molar-refractivity contribution in [1.82, 2.24) is 10.2 Å². The third-order valence-electron chi connectivity index (χ3n) is 3.71. The predicted molar refractivity (Wildman–Crippen MR) is 85.0 cm³/mol. The minimum absolute atomic E-state index is 0.128. The van der Waals surface area contributed by atoms with E-state index in [2.05, 4.69) is 34.2 Å². The Morgan fingerprint density at radius 3 is 2.80 bits per heavy atom. The summed E-state index contributed by atoms with van der Waals surface area (Å²) in [5.74, 6) is 0.128. The molecule has 0 spiro atoms. The summed E-state index contributed by atoms with van der Waals surface area (Å²) in [4.78, 5) is 14.5. The van der Waals surface area contributed by atoms with E-state index in [1.54, 1.807) is 0 Å². The van der Waals surface area contributed by atoms with Gasteiger partial charge < -0.3 is 10.2 Å². The fraction of sp³-hybridized carbons (Fsp3) is 0.312. The Bertz CT molecular complexity index is 656. The quantitative estimate of drug-likeness (QED) is 0.870. The van der Waals surface area contributed by atoms with Gasteiger partial charge in [0.25, 0.3) is 5.91 Å². The van der Waals surface area contributed by atoms with Crippen molar-refractivity contribution in [2.24, 2.45) is 0 Å². The molecule has 0 radical (unpaired) electrons. The highest BCUT2D eigenvalue weighted by Gasteiger charge is 2.21. The molecule has 1 N–H and O–H groups in total. The zero-order chi connectivity index (χ0) is 14.1. The summed E-state index contributed by atoms with van der Waals surface area (Å²) in [6, 6.07) is 12.4. The molecule has 4 heteroatoms. The topological polar surface area (TPSA) is 32.3 Å². The van der Waals surface area contributed by atoms with Crippen LogP contribution in [0.25, 0.3) is 10.8 Å². The van der Waals surface area contributed by atoms with E-state index >= 15 is 0 Å². The van der Waals surface area contributed by atoms with Gasteiger partial charge in [-0.25, -0.2) is 0 Å². The van der Waals surface area contributed by atoms with Crippen LogP contribution in [0.15, 0.2) is 40.9 Å². The van der Waals surface area contributed by atoms with E-state index < -0.39 is 0 Å². The van der Waals surface area contributed by atoms with Crippen molar-refractivity contribution < 1.29 is 4.79 Å². The molecule has 2 aromatic rings. The molecule has 0 saturated carbocycles. The third kappa shape index (κ3) is 2.72. The lowest BCUT2D eigenvalue weighted by molar-refractivity contribution is 0.0709. The number of hydrogen-bond acceptors (Lipinski definition) is 2. The Balaban J connectivity index is 1.89. The fourth-order valence-electron chi connectivity index (χ4n) is 2.65. The maximum Gasteiger partial charge on any atom is 0.253 e. The first-order valence-corrected chi connectivity index (χ1v) is 7.65. The maximum absolute atomic E-state index is 12.5. The molecule has 0 bridgehead atoms. The zero-order valence-electron chi connectivity index (χ0n) is 11.4. The smallest absolute Gasteiger partial charge is 0.253 e. The molecule has 2 aromatic carbocycles. The van der Waals surface area contributed by atoms with Crippen LogP contribution >= 0.6 is 15.9 Å². The van der Waals surface area contributed by atoms with E-state index in [-0.39, 0.29) is 5.91 Å². The number of halogens is 1. The van der Waals surface area contributed by atoms with Crippen LogP contribution in [-0.2, 0) is 0 Å². The summed E-state index contributed by atoms with van der Waals surface area (Å²) in [6.45, 7) is 4.53. The lowest BCUT2D eigenvalue weighted by Gasteiger charge is -2.32. The van der Waals surface area contributed by atoms with Crippen LogP contribution in [0.4, 0.5) is 0 Å². The number of nitrogens with one attached hydrogen (secondary N) is 1. The van der Waals surface area contributed by atoms with Crippen LogP contribution in [0.1, 0.15) is 17.3 Å². The molecule has 20 heavy (non-hydrogen) atoms. The van der Waals surface area contributed by atoms with Crippen LogP contribution in [0.2, 0.25) is 0 Å². The summed E-state index contributed by atoms with van der Waals surface area (Å²) >= 11 is 3.47. The molecular formula is C16H17BrN2O. The molecule has 1 saturated heterocycles. The van der Waals surface area contributed by atoms with E-state index in [1.807, 2.05) is 35.2 Å². The second-order valence-electron chi connectivity index (χ2n) is 5.31. The zero-order valence-corrected chi connectivity index (χ0v) is 13.0. The number of benzene rings is 2. The fourth-order valence-corrected chi connectivity index (χ4v) is 3.03. The van der Waals surface area contributed by atoms with E-state index in [9.17, 15) is 4.79 Å². The van der Waals surface area contributed by atoms with Gasteiger partial charge in [0.2, 0.25) is 0 Å². The molecule has 0 aliphatic carbocycles. The second kappa shape index (κ2) is 5.54. The normalized spacial score (nSPS) is 19.3. The summed E-state index contributed by atoms with van der Waals surface area (Å²) in [6.07, 6.45) is 0. The highest BCUT2D eigenvalue weighted by Crippen LogP contribution is 2.21. The molecule has 0 unspecified atom stereocenters. The standard InChI is InChI=1S/C16H17BrN2O/c1-11-10-19(7-6-18-11)16(20)14-3-2-13-9-15(17)5-4-12(13)8-14/h2-5,8-9,11,18H,6-7,10H2,1H3/t11-/m1/s1. The minimum atomic E-state index is 0.128. The van der Waals surface area contributed by atoms with Crippen LogP contribution in [-0.4, -0.2) is 36.5 Å². The van der Waals surface area contributed by atoms with Crippen molar-refractivity contribution in [3.63, 3.8) is 0 Å². The van der Waals surface area contributed by atoms with Crippen LogP contribution in [0, 0.1) is 0 Å². The van der Waals surface area contributed by atoms with Gasteiger partial charge in [-0.05, 0) is 42.0 Å². The van der Waals surface area contributed by atoms with Gasteiger partial charge in [0.15, 0.2) is 0 Å². The molecule has 104 valence electrons. The largest absolute Gasteiger partial charge is 0.336 e. The Hall–Kier alpha value is -1.39. The van der Waals surface area contributed by atoms with Crippen molar-refractivity contribution in [3.8, 4) is 0 Å². The third-order valence-corrected chi connectivity index (χ3v) is 4.20. The average molecular weight is 333 g/mol. The molecule has 0 aromatic heterocycles. The molecule has 1 amide bonds. The molecule has 3 nitrogen and oxygen atoms in total. The molecule has 1 aliphatic heterocycles. The Morgan fingerprint density at radius 2 is 2.00 bits per heavy atom. The van der Waals surface area contributed by atoms with Gasteiger partial charge in [-0.15, -0.1) is 0 Å². The Kier molecular flexibility index (Phi) is 3.76. The van der Waals surface area contributed by atoms with Gasteiger partial charge in [0.1, 0.15) is 0 Å². The summed E-state index contributed by atoms with van der Waals surface area (Å²) < 4.78 is 1.06. The van der Waals surface area contributed by atoms with Crippen LogP contribution in [0.3, 0.4) is 0 Å². The first-order chi connectivity index (χ1) is 9.63. The monoisotopic (exact) mass is 332 g/mol. The molecule has 1 aliphatic rings. The summed E-state index contributed by atoms with van der Waals surface area (Å²) in [5.41, 5.74) is 0.772. The number of nitrogens with zero attached hydrogens (tertiary/aromatic N) is 1. The van der Waals surface area contributed by atoms with Crippen LogP contribution in [0.5, 0.6) is 0 Å². The van der Waals surface area contributed by atoms with E-state index in [4.69, 9.17) is 0 Å². The van der Waals surface area contributed by atoms with Gasteiger partial charge >= 0.3 is 0 Å². The van der Waals surface area contributed by atoms with E-state index in [0.29, 0.717) is 6.04 Å². The highest BCUT2D eigenvalue weighted by atomic mass is 79.9. The minimum Gasteiger partial charge on any atom is -0.336 e. The van der Waals surface area contributed by atoms with Crippen molar-refractivity contribution in [3.05, 3.63) is 46.4 Å². The number of amides is 1. The molecule has 1 atom stereocenters. The number of rotatable bonds is 1. The van der Waals surface area contributed by atoms with Crippen molar-refractivity contribution in [2.45, 2.75) is 13.0 Å². The molecule has 3 rings (SSSR count).